The molecule has 1 aromatic carbocycles. The van der Waals surface area contributed by atoms with Crippen LogP contribution in [0.2, 0.25) is 0 Å². The Balaban J connectivity index is 1.83. The van der Waals surface area contributed by atoms with Gasteiger partial charge in [0.25, 0.3) is 0 Å². The molecule has 0 spiro atoms. The van der Waals surface area contributed by atoms with Crippen LogP contribution in [0, 0.1) is 0 Å². The Kier molecular flexibility index (Phi) is 3.73. The minimum absolute atomic E-state index is 0.926. The van der Waals surface area contributed by atoms with Crippen molar-refractivity contribution in [1.82, 2.24) is 4.90 Å². The number of fused-ring (bicyclic) bond motifs is 2. The molecule has 0 unspecified atom stereocenters. The monoisotopic (exact) mass is 350 g/mol. The van der Waals surface area contributed by atoms with E-state index in [9.17, 15) is 0 Å². The average molecular weight is 351 g/mol. The van der Waals surface area contributed by atoms with Crippen LogP contribution in [0.4, 0.5) is 0 Å². The van der Waals surface area contributed by atoms with Gasteiger partial charge in [-0.05, 0) is 53.9 Å². The third-order valence-corrected chi connectivity index (χ3v) is 7.66. The molecule has 2 nitrogen and oxygen atoms in total. The van der Waals surface area contributed by atoms with Crippen molar-refractivity contribution in [3.8, 4) is 0 Å². The van der Waals surface area contributed by atoms with Crippen LogP contribution < -0.4 is 0 Å². The number of amidine groups is 1. The lowest BCUT2D eigenvalue weighted by atomic mass is 10.2. The summed E-state index contributed by atoms with van der Waals surface area (Å²) in [6, 6.07) is 9.09. The first-order valence-electron chi connectivity index (χ1n) is 6.66. The molecule has 0 N–H and O–H groups in total. The van der Waals surface area contributed by atoms with E-state index in [0.29, 0.717) is 0 Å². The Hall–Kier alpha value is -0.560. The van der Waals surface area contributed by atoms with Crippen LogP contribution in [-0.2, 0) is 0 Å². The highest BCUT2D eigenvalue weighted by Crippen LogP contribution is 2.48. The molecule has 4 rings (SSSR count). The van der Waals surface area contributed by atoms with Crippen molar-refractivity contribution in [1.29, 1.82) is 0 Å². The van der Waals surface area contributed by atoms with E-state index in [0.717, 1.165) is 13.1 Å². The minimum Gasteiger partial charge on any atom is -0.316 e. The molecule has 21 heavy (non-hydrogen) atoms. The molecular weight excluding hydrogens is 336 g/mol. The summed E-state index contributed by atoms with van der Waals surface area (Å²) in [4.78, 5) is 9.69. The third-order valence-electron chi connectivity index (χ3n) is 3.59. The maximum absolute atomic E-state index is 4.60. The molecule has 0 saturated carbocycles. The summed E-state index contributed by atoms with van der Waals surface area (Å²) < 4.78 is 2.75. The highest BCUT2D eigenvalue weighted by atomic mass is 32.2. The van der Waals surface area contributed by atoms with Gasteiger partial charge in [-0.25, -0.2) is 0 Å². The maximum atomic E-state index is 4.60. The molecule has 0 atom stereocenters. The van der Waals surface area contributed by atoms with Gasteiger partial charge in [0.2, 0.25) is 0 Å². The van der Waals surface area contributed by atoms with Crippen molar-refractivity contribution < 1.29 is 0 Å². The van der Waals surface area contributed by atoms with Crippen LogP contribution in [0.15, 0.2) is 38.4 Å². The van der Waals surface area contributed by atoms with Crippen molar-refractivity contribution >= 4 is 67.6 Å². The van der Waals surface area contributed by atoms with Gasteiger partial charge in [-0.3, -0.25) is 4.99 Å². The van der Waals surface area contributed by atoms with Crippen molar-refractivity contribution in [2.24, 2.45) is 4.99 Å². The number of hydrogen-bond donors (Lipinski definition) is 0. The zero-order chi connectivity index (χ0) is 14.4. The lowest BCUT2D eigenvalue weighted by Gasteiger charge is -2.15. The molecule has 3 heterocycles. The fraction of sp³-hybridized carbons (Fsp3) is 0.267. The van der Waals surface area contributed by atoms with Gasteiger partial charge in [0.1, 0.15) is 0 Å². The second-order valence-corrected chi connectivity index (χ2v) is 8.79. The molecule has 0 fully saturated rings. The number of aliphatic imine (C=N–C) groups is 1. The van der Waals surface area contributed by atoms with Gasteiger partial charge in [0.15, 0.2) is 5.17 Å². The van der Waals surface area contributed by atoms with Crippen molar-refractivity contribution in [2.45, 2.75) is 4.90 Å². The predicted molar refractivity (Wildman–Crippen MR) is 101 cm³/mol. The summed E-state index contributed by atoms with van der Waals surface area (Å²) in [6.07, 6.45) is 4.29. The number of rotatable bonds is 3. The third kappa shape index (κ3) is 2.32. The van der Waals surface area contributed by atoms with Crippen LogP contribution in [0.3, 0.4) is 0 Å². The Morgan fingerprint density at radius 3 is 2.90 bits per heavy atom. The predicted octanol–water partition coefficient (Wildman–Crippen LogP) is 5.03. The average Bonchev–Trinajstić information content (AvgIpc) is 3.18. The highest BCUT2D eigenvalue weighted by molar-refractivity contribution is 8.30. The minimum atomic E-state index is 0.926. The van der Waals surface area contributed by atoms with Crippen LogP contribution in [0.5, 0.6) is 0 Å². The Morgan fingerprint density at radius 2 is 2.10 bits per heavy atom. The van der Waals surface area contributed by atoms with Gasteiger partial charge < -0.3 is 4.90 Å². The standard InChI is InChI=1S/C15H14N2S4/c1-18-10-3-4-11-9(7-10)8-12(20-11)13-14(19-2)21-15-16-5-6-17(13)15/h3-4,7-8H,5-6H2,1-2H3. The molecule has 0 saturated heterocycles. The Morgan fingerprint density at radius 1 is 1.19 bits per heavy atom. The molecule has 0 aliphatic carbocycles. The van der Waals surface area contributed by atoms with Gasteiger partial charge >= 0.3 is 0 Å². The molecule has 0 amide bonds. The summed E-state index contributed by atoms with van der Waals surface area (Å²) in [7, 11) is 0. The topological polar surface area (TPSA) is 15.6 Å². The van der Waals surface area contributed by atoms with Crippen LogP contribution in [0.1, 0.15) is 4.88 Å². The smallest absolute Gasteiger partial charge is 0.169 e. The number of benzene rings is 1. The number of nitrogens with zero attached hydrogens (tertiary/aromatic N) is 2. The van der Waals surface area contributed by atoms with Gasteiger partial charge in [-0.1, -0.05) is 0 Å². The molecule has 6 heteroatoms. The van der Waals surface area contributed by atoms with E-state index in [1.165, 1.54) is 35.0 Å². The largest absolute Gasteiger partial charge is 0.316 e. The SMILES string of the molecule is CSC1=C(c2cc3cc(SC)ccc3s2)N2CCN=C2S1. The summed E-state index contributed by atoms with van der Waals surface area (Å²) in [5.41, 5.74) is 1.37. The van der Waals surface area contributed by atoms with Crippen LogP contribution in [0.25, 0.3) is 15.8 Å². The number of thiophene rings is 1. The van der Waals surface area contributed by atoms with Crippen LogP contribution in [-0.4, -0.2) is 35.7 Å². The van der Waals surface area contributed by atoms with E-state index in [1.54, 1.807) is 11.8 Å². The molecule has 2 aliphatic rings. The molecule has 2 aromatic rings. The fourth-order valence-electron chi connectivity index (χ4n) is 2.60. The van der Waals surface area contributed by atoms with E-state index >= 15 is 0 Å². The first-order chi connectivity index (χ1) is 10.3. The lowest BCUT2D eigenvalue weighted by molar-refractivity contribution is 0.651. The Labute approximate surface area is 141 Å². The van der Waals surface area contributed by atoms with Crippen molar-refractivity contribution in [2.75, 3.05) is 25.6 Å². The number of hydrogen-bond acceptors (Lipinski definition) is 6. The van der Waals surface area contributed by atoms with E-state index in [-0.39, 0.29) is 0 Å². The van der Waals surface area contributed by atoms with Crippen molar-refractivity contribution in [3.63, 3.8) is 0 Å². The molecule has 2 aliphatic heterocycles. The van der Waals surface area contributed by atoms with E-state index in [1.807, 2.05) is 34.9 Å². The van der Waals surface area contributed by atoms with E-state index in [2.05, 4.69) is 46.7 Å². The Bertz CT molecular complexity index is 775. The van der Waals surface area contributed by atoms with E-state index in [4.69, 9.17) is 0 Å². The van der Waals surface area contributed by atoms with Crippen molar-refractivity contribution in [3.05, 3.63) is 33.4 Å². The molecular formula is C15H14N2S4. The summed E-state index contributed by atoms with van der Waals surface area (Å²) in [6.45, 7) is 1.95. The fourth-order valence-corrected chi connectivity index (χ4v) is 6.18. The quantitative estimate of drug-likeness (QED) is 0.721. The summed E-state index contributed by atoms with van der Waals surface area (Å²) in [5.74, 6) is 0. The second kappa shape index (κ2) is 5.57. The van der Waals surface area contributed by atoms with Gasteiger partial charge in [-0.2, -0.15) is 0 Å². The van der Waals surface area contributed by atoms with Crippen LogP contribution >= 0.6 is 46.6 Å². The van der Waals surface area contributed by atoms with Gasteiger partial charge in [0, 0.05) is 16.1 Å². The van der Waals surface area contributed by atoms with E-state index < -0.39 is 0 Å². The summed E-state index contributed by atoms with van der Waals surface area (Å²) in [5, 5.41) is 2.53. The molecule has 0 bridgehead atoms. The van der Waals surface area contributed by atoms with Gasteiger partial charge in [-0.15, -0.1) is 34.9 Å². The first-order valence-corrected chi connectivity index (χ1v) is 10.7. The normalized spacial score (nSPS) is 17.8. The number of thioether (sulfide) groups is 3. The maximum Gasteiger partial charge on any atom is 0.169 e. The summed E-state index contributed by atoms with van der Waals surface area (Å²) >= 11 is 7.35. The zero-order valence-electron chi connectivity index (χ0n) is 11.8. The highest BCUT2D eigenvalue weighted by Gasteiger charge is 2.33. The second-order valence-electron chi connectivity index (χ2n) is 4.77. The zero-order valence-corrected chi connectivity index (χ0v) is 15.0. The molecule has 108 valence electrons. The van der Waals surface area contributed by atoms with Gasteiger partial charge in [0.05, 0.1) is 21.4 Å². The molecule has 1 aromatic heterocycles. The first kappa shape index (κ1) is 14.1. The molecule has 0 radical (unpaired) electrons. The lowest BCUT2D eigenvalue weighted by Crippen LogP contribution is -2.19.